The Labute approximate surface area is 120 Å². The Morgan fingerprint density at radius 1 is 1.19 bits per heavy atom. The minimum atomic E-state index is -0.456. The zero-order valence-corrected chi connectivity index (χ0v) is 11.1. The number of fused-ring (bicyclic) bond motifs is 1. The Hall–Kier alpha value is -2.84. The first-order valence-corrected chi connectivity index (χ1v) is 6.43. The maximum Gasteiger partial charge on any atom is 0.420 e. The summed E-state index contributed by atoms with van der Waals surface area (Å²) in [5, 5.41) is 18.1. The van der Waals surface area contributed by atoms with E-state index in [0.717, 1.165) is 5.56 Å². The molecule has 3 rings (SSSR count). The number of oxazole rings is 1. The largest absolute Gasteiger partial charge is 0.420 e. The summed E-state index contributed by atoms with van der Waals surface area (Å²) in [6.45, 7) is 0.218. The number of nitriles is 1. The van der Waals surface area contributed by atoms with Crippen molar-refractivity contribution in [2.75, 3.05) is 0 Å². The molecule has 5 heteroatoms. The van der Waals surface area contributed by atoms with E-state index in [1.165, 1.54) is 4.57 Å². The molecule has 0 atom stereocenters. The van der Waals surface area contributed by atoms with Crippen LogP contribution in [0.3, 0.4) is 0 Å². The van der Waals surface area contributed by atoms with Gasteiger partial charge in [0.1, 0.15) is 0 Å². The van der Waals surface area contributed by atoms with Gasteiger partial charge in [0, 0.05) is 0 Å². The Kier molecular flexibility index (Phi) is 3.30. The summed E-state index contributed by atoms with van der Waals surface area (Å²) in [5.41, 5.74) is 3.21. The van der Waals surface area contributed by atoms with Crippen molar-refractivity contribution in [2.24, 2.45) is 0 Å². The number of aliphatic hydroxyl groups excluding tert-OH is 1. The third-order valence-corrected chi connectivity index (χ3v) is 3.31. The Morgan fingerprint density at radius 2 is 2.05 bits per heavy atom. The molecule has 3 aromatic rings. The van der Waals surface area contributed by atoms with Gasteiger partial charge in [-0.05, 0) is 35.4 Å². The Balaban J connectivity index is 2.09. The molecule has 1 aromatic heterocycles. The smallest absolute Gasteiger partial charge is 0.408 e. The van der Waals surface area contributed by atoms with E-state index in [-0.39, 0.29) is 6.61 Å². The lowest BCUT2D eigenvalue weighted by atomic mass is 10.1. The summed E-state index contributed by atoms with van der Waals surface area (Å²) < 4.78 is 6.68. The van der Waals surface area contributed by atoms with Gasteiger partial charge in [-0.25, -0.2) is 4.79 Å². The van der Waals surface area contributed by atoms with Crippen LogP contribution in [-0.4, -0.2) is 9.67 Å². The van der Waals surface area contributed by atoms with Crippen LogP contribution in [0, 0.1) is 11.3 Å². The highest BCUT2D eigenvalue weighted by atomic mass is 16.4. The number of benzene rings is 2. The SMILES string of the molecule is N#Cc1cccc(Cn2c(=O)oc3ccc(CO)cc32)c1. The molecular weight excluding hydrogens is 268 g/mol. The maximum atomic E-state index is 12.0. The van der Waals surface area contributed by atoms with Crippen molar-refractivity contribution in [3.63, 3.8) is 0 Å². The molecule has 2 aromatic carbocycles. The predicted octanol–water partition coefficient (Wildman–Crippen LogP) is 2.01. The molecule has 0 amide bonds. The third kappa shape index (κ3) is 2.45. The van der Waals surface area contributed by atoms with Gasteiger partial charge in [-0.1, -0.05) is 18.2 Å². The molecule has 0 aliphatic carbocycles. The van der Waals surface area contributed by atoms with Gasteiger partial charge >= 0.3 is 5.76 Å². The minimum Gasteiger partial charge on any atom is -0.408 e. The summed E-state index contributed by atoms with van der Waals surface area (Å²) in [7, 11) is 0. The number of aliphatic hydroxyl groups is 1. The van der Waals surface area contributed by atoms with Crippen LogP contribution in [0.25, 0.3) is 11.1 Å². The highest BCUT2D eigenvalue weighted by Crippen LogP contribution is 2.17. The minimum absolute atomic E-state index is 0.0980. The van der Waals surface area contributed by atoms with Crippen LogP contribution in [0.5, 0.6) is 0 Å². The second-order valence-corrected chi connectivity index (χ2v) is 4.73. The van der Waals surface area contributed by atoms with Gasteiger partial charge in [0.25, 0.3) is 0 Å². The molecule has 0 bridgehead atoms. The van der Waals surface area contributed by atoms with Gasteiger partial charge in [-0.15, -0.1) is 0 Å². The van der Waals surface area contributed by atoms with Crippen molar-refractivity contribution < 1.29 is 9.52 Å². The Morgan fingerprint density at radius 3 is 2.81 bits per heavy atom. The average molecular weight is 280 g/mol. The maximum absolute atomic E-state index is 12.0. The quantitative estimate of drug-likeness (QED) is 0.796. The first-order valence-electron chi connectivity index (χ1n) is 6.43. The number of rotatable bonds is 3. The molecule has 0 unspecified atom stereocenters. The number of aromatic nitrogens is 1. The van der Waals surface area contributed by atoms with E-state index in [0.29, 0.717) is 28.8 Å². The lowest BCUT2D eigenvalue weighted by Crippen LogP contribution is -2.15. The second kappa shape index (κ2) is 5.27. The van der Waals surface area contributed by atoms with Gasteiger partial charge in [0.05, 0.1) is 30.3 Å². The molecule has 5 nitrogen and oxygen atoms in total. The highest BCUT2D eigenvalue weighted by molar-refractivity contribution is 5.73. The van der Waals surface area contributed by atoms with Gasteiger partial charge in [0.2, 0.25) is 0 Å². The van der Waals surface area contributed by atoms with Crippen molar-refractivity contribution >= 4 is 11.1 Å². The van der Waals surface area contributed by atoms with Crippen LogP contribution in [-0.2, 0) is 13.2 Å². The third-order valence-electron chi connectivity index (χ3n) is 3.31. The van der Waals surface area contributed by atoms with Crippen LogP contribution in [0.2, 0.25) is 0 Å². The second-order valence-electron chi connectivity index (χ2n) is 4.73. The van der Waals surface area contributed by atoms with Crippen LogP contribution >= 0.6 is 0 Å². The molecule has 0 saturated heterocycles. The van der Waals surface area contributed by atoms with Crippen LogP contribution < -0.4 is 5.76 Å². The van der Waals surface area contributed by atoms with E-state index in [1.54, 1.807) is 36.4 Å². The van der Waals surface area contributed by atoms with E-state index >= 15 is 0 Å². The average Bonchev–Trinajstić information content (AvgIpc) is 2.82. The number of hydrogen-bond donors (Lipinski definition) is 1. The summed E-state index contributed by atoms with van der Waals surface area (Å²) >= 11 is 0. The van der Waals surface area contributed by atoms with Gasteiger partial charge in [-0.3, -0.25) is 4.57 Å². The molecule has 0 aliphatic rings. The molecule has 1 N–H and O–H groups in total. The molecule has 0 spiro atoms. The number of nitrogens with zero attached hydrogens (tertiary/aromatic N) is 2. The zero-order chi connectivity index (χ0) is 14.8. The lowest BCUT2D eigenvalue weighted by Gasteiger charge is -2.04. The molecule has 21 heavy (non-hydrogen) atoms. The molecule has 0 radical (unpaired) electrons. The standard InChI is InChI=1S/C16H12N2O3/c17-8-11-2-1-3-12(6-11)9-18-14-7-13(10-19)4-5-15(14)21-16(18)20/h1-7,19H,9-10H2. The molecule has 0 fully saturated rings. The fourth-order valence-electron chi connectivity index (χ4n) is 2.28. The first-order chi connectivity index (χ1) is 10.2. The van der Waals surface area contributed by atoms with Gasteiger partial charge < -0.3 is 9.52 Å². The van der Waals surface area contributed by atoms with E-state index in [9.17, 15) is 9.90 Å². The van der Waals surface area contributed by atoms with Crippen LogP contribution in [0.4, 0.5) is 0 Å². The van der Waals surface area contributed by atoms with Crippen molar-refractivity contribution in [1.82, 2.24) is 4.57 Å². The van der Waals surface area contributed by atoms with Crippen molar-refractivity contribution in [2.45, 2.75) is 13.2 Å². The molecule has 0 aliphatic heterocycles. The summed E-state index contributed by atoms with van der Waals surface area (Å²) in [4.78, 5) is 12.0. The van der Waals surface area contributed by atoms with E-state index in [2.05, 4.69) is 6.07 Å². The van der Waals surface area contributed by atoms with Crippen molar-refractivity contribution in [1.29, 1.82) is 5.26 Å². The van der Waals surface area contributed by atoms with E-state index in [1.807, 2.05) is 6.07 Å². The zero-order valence-electron chi connectivity index (χ0n) is 11.1. The van der Waals surface area contributed by atoms with E-state index < -0.39 is 5.76 Å². The predicted molar refractivity (Wildman–Crippen MR) is 76.7 cm³/mol. The lowest BCUT2D eigenvalue weighted by molar-refractivity contribution is 0.282. The van der Waals surface area contributed by atoms with Gasteiger partial charge in [-0.2, -0.15) is 5.26 Å². The Bertz CT molecular complexity index is 900. The molecular formula is C16H12N2O3. The molecule has 0 saturated carbocycles. The normalized spacial score (nSPS) is 10.7. The van der Waals surface area contributed by atoms with Gasteiger partial charge in [0.15, 0.2) is 5.58 Å². The molecule has 104 valence electrons. The van der Waals surface area contributed by atoms with Crippen LogP contribution in [0.15, 0.2) is 51.7 Å². The topological polar surface area (TPSA) is 79.2 Å². The fourth-order valence-corrected chi connectivity index (χ4v) is 2.28. The summed E-state index contributed by atoms with van der Waals surface area (Å²) in [6.07, 6.45) is 0. The monoisotopic (exact) mass is 280 g/mol. The van der Waals surface area contributed by atoms with Crippen LogP contribution in [0.1, 0.15) is 16.7 Å². The molecule has 1 heterocycles. The van der Waals surface area contributed by atoms with E-state index in [4.69, 9.17) is 9.68 Å². The number of hydrogen-bond acceptors (Lipinski definition) is 4. The highest BCUT2D eigenvalue weighted by Gasteiger charge is 2.10. The van der Waals surface area contributed by atoms with Crippen molar-refractivity contribution in [3.05, 3.63) is 69.7 Å². The summed E-state index contributed by atoms with van der Waals surface area (Å²) in [6, 6.07) is 14.3. The van der Waals surface area contributed by atoms with Crippen molar-refractivity contribution in [3.8, 4) is 6.07 Å². The first kappa shape index (κ1) is 13.2. The fraction of sp³-hybridized carbons (Fsp3) is 0.125. The summed E-state index contributed by atoms with van der Waals surface area (Å²) in [5.74, 6) is -0.456.